The lowest BCUT2D eigenvalue weighted by atomic mass is 9.63. The van der Waals surface area contributed by atoms with Crippen molar-refractivity contribution in [3.05, 3.63) is 69.5 Å². The average Bonchev–Trinajstić information content (AvgIpc) is 3.38. The summed E-state index contributed by atoms with van der Waals surface area (Å²) >= 11 is 1.67. The van der Waals surface area contributed by atoms with Gasteiger partial charge in [-0.3, -0.25) is 4.79 Å². The number of nitrogens with zero attached hydrogens (tertiary/aromatic N) is 2. The molecule has 0 spiro atoms. The van der Waals surface area contributed by atoms with E-state index in [0.29, 0.717) is 13.1 Å². The van der Waals surface area contributed by atoms with Crippen LogP contribution in [-0.2, 0) is 22.0 Å². The third-order valence-electron chi connectivity index (χ3n) is 8.41. The fourth-order valence-electron chi connectivity index (χ4n) is 5.88. The summed E-state index contributed by atoms with van der Waals surface area (Å²) in [6, 6.07) is 12.6. The summed E-state index contributed by atoms with van der Waals surface area (Å²) < 4.78 is 42.3. The maximum atomic E-state index is 12.9. The van der Waals surface area contributed by atoms with E-state index < -0.39 is 6.36 Å². The monoisotopic (exact) mass is 556 g/mol. The van der Waals surface area contributed by atoms with Gasteiger partial charge in [-0.2, -0.15) is 0 Å². The Balaban J connectivity index is 1.24. The van der Waals surface area contributed by atoms with Gasteiger partial charge in [0.15, 0.2) is 0 Å². The number of carbonyl (C=O) groups is 1. The molecule has 1 amide bonds. The molecule has 208 valence electrons. The number of halogens is 3. The van der Waals surface area contributed by atoms with Crippen LogP contribution < -0.4 is 4.74 Å². The number of rotatable bonds is 5. The number of fused-ring (bicyclic) bond motifs is 1. The van der Waals surface area contributed by atoms with Crippen LogP contribution in [0.4, 0.5) is 13.2 Å². The van der Waals surface area contributed by atoms with E-state index in [9.17, 15) is 18.0 Å². The van der Waals surface area contributed by atoms with Gasteiger partial charge in [0.25, 0.3) is 0 Å². The molecule has 8 heteroatoms. The predicted molar refractivity (Wildman–Crippen MR) is 148 cm³/mol. The zero-order valence-electron chi connectivity index (χ0n) is 22.9. The number of ether oxygens (including phenoxy) is 1. The molecule has 1 aliphatic heterocycles. The molecule has 4 nitrogen and oxygen atoms in total. The Morgan fingerprint density at radius 2 is 1.69 bits per heavy atom. The quantitative estimate of drug-likeness (QED) is 0.320. The SMILES string of the molecule is CC1(C)CCC(C)(C)c2cc(-c3csc(C4CCN(C(=O)Cc5ccccc5OC(F)(F)F)CC4)n3)ccc21. The van der Waals surface area contributed by atoms with Gasteiger partial charge in [0.05, 0.1) is 17.1 Å². The molecule has 0 saturated carbocycles. The Hall–Kier alpha value is -2.87. The molecule has 2 heterocycles. The Morgan fingerprint density at radius 3 is 2.38 bits per heavy atom. The normalized spacial score (nSPS) is 19.0. The first-order valence-electron chi connectivity index (χ1n) is 13.5. The maximum Gasteiger partial charge on any atom is 0.573 e. The van der Waals surface area contributed by atoms with E-state index in [4.69, 9.17) is 4.98 Å². The second-order valence-corrected chi connectivity index (χ2v) is 13.0. The number of alkyl halides is 3. The Morgan fingerprint density at radius 1 is 1.03 bits per heavy atom. The number of hydrogen-bond donors (Lipinski definition) is 0. The molecule has 1 saturated heterocycles. The summed E-state index contributed by atoms with van der Waals surface area (Å²) in [6.07, 6.45) is -1.01. The van der Waals surface area contributed by atoms with Crippen LogP contribution in [0.3, 0.4) is 0 Å². The largest absolute Gasteiger partial charge is 0.573 e. The van der Waals surface area contributed by atoms with Crippen LogP contribution in [0.25, 0.3) is 11.3 Å². The van der Waals surface area contributed by atoms with Gasteiger partial charge in [-0.25, -0.2) is 4.98 Å². The van der Waals surface area contributed by atoms with E-state index in [-0.39, 0.29) is 40.4 Å². The topological polar surface area (TPSA) is 42.4 Å². The molecule has 39 heavy (non-hydrogen) atoms. The van der Waals surface area contributed by atoms with Gasteiger partial charge >= 0.3 is 6.36 Å². The highest BCUT2D eigenvalue weighted by molar-refractivity contribution is 7.10. The lowest BCUT2D eigenvalue weighted by Gasteiger charge is -2.42. The summed E-state index contributed by atoms with van der Waals surface area (Å²) in [4.78, 5) is 19.7. The molecule has 0 radical (unpaired) electrons. The van der Waals surface area contributed by atoms with Gasteiger partial charge in [0.1, 0.15) is 5.75 Å². The molecule has 0 atom stereocenters. The third kappa shape index (κ3) is 6.01. The van der Waals surface area contributed by atoms with E-state index >= 15 is 0 Å². The minimum Gasteiger partial charge on any atom is -0.405 e. The number of amides is 1. The smallest absolute Gasteiger partial charge is 0.405 e. The number of aromatic nitrogens is 1. The first-order chi connectivity index (χ1) is 18.3. The van der Waals surface area contributed by atoms with Crippen molar-refractivity contribution in [3.8, 4) is 17.0 Å². The fourth-order valence-corrected chi connectivity index (χ4v) is 6.88. The van der Waals surface area contributed by atoms with Crippen molar-refractivity contribution < 1.29 is 22.7 Å². The van der Waals surface area contributed by atoms with E-state index in [1.807, 2.05) is 0 Å². The summed E-state index contributed by atoms with van der Waals surface area (Å²) in [6.45, 7) is 10.4. The minimum atomic E-state index is -4.80. The van der Waals surface area contributed by atoms with Crippen LogP contribution in [-0.4, -0.2) is 35.2 Å². The highest BCUT2D eigenvalue weighted by Crippen LogP contribution is 2.47. The highest BCUT2D eigenvalue weighted by atomic mass is 32.1. The molecular weight excluding hydrogens is 521 g/mol. The molecule has 0 N–H and O–H groups in total. The van der Waals surface area contributed by atoms with Crippen molar-refractivity contribution in [2.24, 2.45) is 0 Å². The van der Waals surface area contributed by atoms with Crippen LogP contribution in [0, 0.1) is 0 Å². The van der Waals surface area contributed by atoms with Crippen molar-refractivity contribution in [3.63, 3.8) is 0 Å². The third-order valence-corrected chi connectivity index (χ3v) is 9.41. The zero-order chi connectivity index (χ0) is 28.0. The van der Waals surface area contributed by atoms with E-state index in [1.165, 1.54) is 35.7 Å². The number of carbonyl (C=O) groups excluding carboxylic acids is 1. The van der Waals surface area contributed by atoms with Crippen LogP contribution in [0.2, 0.25) is 0 Å². The van der Waals surface area contributed by atoms with Gasteiger partial charge in [0, 0.05) is 35.5 Å². The number of para-hydroxylation sites is 1. The number of hydrogen-bond acceptors (Lipinski definition) is 4. The number of piperidine rings is 1. The Labute approximate surface area is 232 Å². The lowest BCUT2D eigenvalue weighted by Crippen LogP contribution is -2.38. The molecule has 0 unspecified atom stereocenters. The second-order valence-electron chi connectivity index (χ2n) is 12.1. The van der Waals surface area contributed by atoms with Gasteiger partial charge in [-0.15, -0.1) is 24.5 Å². The fraction of sp³-hybridized carbons (Fsp3) is 0.484. The van der Waals surface area contributed by atoms with Gasteiger partial charge < -0.3 is 9.64 Å². The van der Waals surface area contributed by atoms with Crippen molar-refractivity contribution in [1.82, 2.24) is 9.88 Å². The van der Waals surface area contributed by atoms with Crippen LogP contribution in [0.15, 0.2) is 47.8 Å². The van der Waals surface area contributed by atoms with Crippen LogP contribution in [0.1, 0.15) is 81.0 Å². The van der Waals surface area contributed by atoms with E-state index in [2.05, 4.69) is 56.0 Å². The van der Waals surface area contributed by atoms with Gasteiger partial charge in [-0.05, 0) is 59.8 Å². The standard InChI is InChI=1S/C31H35F3N2O2S/c1-29(2)13-14-30(3,4)24-17-21(9-10-23(24)29)25-19-39-28(35-25)20-11-15-36(16-12-20)27(37)18-22-7-5-6-8-26(22)38-31(32,33)34/h5-10,17,19-20H,11-16,18H2,1-4H3. The van der Waals surface area contributed by atoms with Crippen molar-refractivity contribution in [2.45, 2.75) is 82.9 Å². The zero-order valence-corrected chi connectivity index (χ0v) is 23.7. The molecule has 2 aromatic carbocycles. The first kappa shape index (κ1) is 27.7. The predicted octanol–water partition coefficient (Wildman–Crippen LogP) is 8.01. The van der Waals surface area contributed by atoms with Crippen molar-refractivity contribution in [1.29, 1.82) is 0 Å². The summed E-state index contributed by atoms with van der Waals surface area (Å²) in [5.74, 6) is -0.245. The number of thiazole rings is 1. The average molecular weight is 557 g/mol. The maximum absolute atomic E-state index is 12.9. The number of likely N-dealkylation sites (tertiary alicyclic amines) is 1. The Bertz CT molecular complexity index is 1350. The first-order valence-corrected chi connectivity index (χ1v) is 14.4. The Kier molecular flexibility index (Phi) is 7.29. The van der Waals surface area contributed by atoms with Gasteiger partial charge in [-0.1, -0.05) is 58.0 Å². The molecule has 1 aromatic heterocycles. The van der Waals surface area contributed by atoms with Crippen molar-refractivity contribution >= 4 is 17.2 Å². The number of benzene rings is 2. The van der Waals surface area contributed by atoms with Crippen LogP contribution in [0.5, 0.6) is 5.75 Å². The van der Waals surface area contributed by atoms with Crippen LogP contribution >= 0.6 is 11.3 Å². The van der Waals surface area contributed by atoms with E-state index in [0.717, 1.165) is 35.5 Å². The lowest BCUT2D eigenvalue weighted by molar-refractivity contribution is -0.274. The molecule has 2 aliphatic rings. The van der Waals surface area contributed by atoms with Gasteiger partial charge in [0.2, 0.25) is 5.91 Å². The molecule has 1 aliphatic carbocycles. The highest BCUT2D eigenvalue weighted by Gasteiger charge is 2.37. The molecular formula is C31H35F3N2O2S. The summed E-state index contributed by atoms with van der Waals surface area (Å²) in [5.41, 5.74) is 5.55. The minimum absolute atomic E-state index is 0.121. The summed E-state index contributed by atoms with van der Waals surface area (Å²) in [5, 5.41) is 3.21. The van der Waals surface area contributed by atoms with E-state index in [1.54, 1.807) is 22.3 Å². The second kappa shape index (κ2) is 10.3. The molecule has 1 fully saturated rings. The molecule has 0 bridgehead atoms. The molecule has 5 rings (SSSR count). The molecule has 3 aromatic rings. The summed E-state index contributed by atoms with van der Waals surface area (Å²) in [7, 11) is 0. The van der Waals surface area contributed by atoms with Crippen molar-refractivity contribution in [2.75, 3.05) is 13.1 Å².